The van der Waals surface area contributed by atoms with Gasteiger partial charge < -0.3 is 8.92 Å². The summed E-state index contributed by atoms with van der Waals surface area (Å²) in [7, 11) is -4.39. The Balaban J connectivity index is 1.83. The molecule has 5 aromatic rings. The molecule has 0 aliphatic rings. The first-order valence-corrected chi connectivity index (χ1v) is 12.0. The number of ether oxygens (including phenoxy) is 1. The van der Waals surface area contributed by atoms with E-state index < -0.39 is 21.4 Å². The van der Waals surface area contributed by atoms with E-state index in [1.807, 2.05) is 0 Å². The molecule has 0 atom stereocenters. The molecule has 0 unspecified atom stereocenters. The second kappa shape index (κ2) is 8.80. The third-order valence-electron chi connectivity index (χ3n) is 5.56. The fourth-order valence-corrected chi connectivity index (χ4v) is 4.34. The fourth-order valence-electron chi connectivity index (χ4n) is 3.87. The monoisotopic (exact) mass is 510 g/mol. The molecule has 182 valence electrons. The maximum absolute atomic E-state index is 13.2. The Morgan fingerprint density at radius 1 is 0.778 bits per heavy atom. The molecule has 0 aliphatic heterocycles. The number of halogens is 3. The second-order valence-electron chi connectivity index (χ2n) is 7.78. The predicted molar refractivity (Wildman–Crippen MR) is 130 cm³/mol. The summed E-state index contributed by atoms with van der Waals surface area (Å²) in [6, 6.07) is 23.5. The lowest BCUT2D eigenvalue weighted by Gasteiger charge is -2.17. The van der Waals surface area contributed by atoms with Gasteiger partial charge in [-0.1, -0.05) is 48.5 Å². The highest BCUT2D eigenvalue weighted by Gasteiger charge is 2.49. The first-order valence-electron chi connectivity index (χ1n) is 10.6. The number of nitrogens with zero attached hydrogens (tertiary/aromatic N) is 2. The SMILES string of the molecule is COc1ccc(-c2nc(-c3c(OS(=O)(=O)C(F)(F)F)ccc4ccccc34)c3ccccc3n2)cc1. The first-order chi connectivity index (χ1) is 17.2. The van der Waals surface area contributed by atoms with Crippen molar-refractivity contribution in [3.63, 3.8) is 0 Å². The van der Waals surface area contributed by atoms with Gasteiger partial charge in [-0.25, -0.2) is 9.97 Å². The largest absolute Gasteiger partial charge is 0.534 e. The van der Waals surface area contributed by atoms with Gasteiger partial charge in [0.05, 0.1) is 23.9 Å². The van der Waals surface area contributed by atoms with E-state index in [0.29, 0.717) is 38.8 Å². The van der Waals surface area contributed by atoms with Gasteiger partial charge in [0.1, 0.15) is 5.75 Å². The predicted octanol–water partition coefficient (Wildman–Crippen LogP) is 6.35. The average Bonchev–Trinajstić information content (AvgIpc) is 2.87. The van der Waals surface area contributed by atoms with E-state index in [0.717, 1.165) is 0 Å². The van der Waals surface area contributed by atoms with Gasteiger partial charge in [0.2, 0.25) is 0 Å². The summed E-state index contributed by atoms with van der Waals surface area (Å²) in [5.74, 6) is 0.432. The molecule has 0 fully saturated rings. The van der Waals surface area contributed by atoms with Gasteiger partial charge in [-0.3, -0.25) is 0 Å². The Hall–Kier alpha value is -4.18. The molecule has 0 spiro atoms. The zero-order valence-electron chi connectivity index (χ0n) is 18.7. The maximum Gasteiger partial charge on any atom is 0.534 e. The van der Waals surface area contributed by atoms with Crippen molar-refractivity contribution >= 4 is 31.8 Å². The summed E-state index contributed by atoms with van der Waals surface area (Å²) in [5, 5.41) is 1.65. The Bertz CT molecular complexity index is 1700. The first kappa shape index (κ1) is 23.6. The van der Waals surface area contributed by atoms with E-state index in [-0.39, 0.29) is 11.3 Å². The molecule has 6 nitrogen and oxygen atoms in total. The lowest BCUT2D eigenvalue weighted by molar-refractivity contribution is -0.0499. The third-order valence-corrected chi connectivity index (χ3v) is 6.53. The summed E-state index contributed by atoms with van der Waals surface area (Å²) in [6.07, 6.45) is 0. The molecule has 10 heteroatoms. The van der Waals surface area contributed by atoms with Crippen LogP contribution in [0.4, 0.5) is 13.2 Å². The van der Waals surface area contributed by atoms with Crippen LogP contribution in [0.25, 0.3) is 44.3 Å². The quantitative estimate of drug-likeness (QED) is 0.202. The van der Waals surface area contributed by atoms with Crippen molar-refractivity contribution in [2.75, 3.05) is 7.11 Å². The van der Waals surface area contributed by atoms with E-state index in [2.05, 4.69) is 9.17 Å². The molecule has 4 aromatic carbocycles. The van der Waals surface area contributed by atoms with Gasteiger partial charge in [-0.05, 0) is 47.2 Å². The zero-order chi connectivity index (χ0) is 25.5. The van der Waals surface area contributed by atoms with Crippen LogP contribution in [-0.4, -0.2) is 31.0 Å². The number of rotatable bonds is 5. The number of para-hydroxylation sites is 1. The number of aromatic nitrogens is 2. The molecule has 0 aliphatic carbocycles. The van der Waals surface area contributed by atoms with Crippen LogP contribution in [0.5, 0.6) is 11.5 Å². The summed E-state index contributed by atoms with van der Waals surface area (Å²) in [5.41, 5.74) is -4.11. The lowest BCUT2D eigenvalue weighted by atomic mass is 9.98. The topological polar surface area (TPSA) is 78.4 Å². The minimum Gasteiger partial charge on any atom is -0.497 e. The minimum atomic E-state index is -5.93. The zero-order valence-corrected chi connectivity index (χ0v) is 19.5. The summed E-state index contributed by atoms with van der Waals surface area (Å²) < 4.78 is 73.4. The molecule has 36 heavy (non-hydrogen) atoms. The molecule has 1 heterocycles. The van der Waals surface area contributed by atoms with Crippen LogP contribution in [0, 0.1) is 0 Å². The van der Waals surface area contributed by atoms with Gasteiger partial charge >= 0.3 is 15.6 Å². The molecule has 0 N–H and O–H groups in total. The highest BCUT2D eigenvalue weighted by atomic mass is 32.2. The molecule has 1 aromatic heterocycles. The highest BCUT2D eigenvalue weighted by molar-refractivity contribution is 7.88. The summed E-state index contributed by atoms with van der Waals surface area (Å²) in [6.45, 7) is 0. The molecule has 5 rings (SSSR count). The van der Waals surface area contributed by atoms with Crippen LogP contribution in [0.1, 0.15) is 0 Å². The van der Waals surface area contributed by atoms with E-state index in [4.69, 9.17) is 9.72 Å². The Morgan fingerprint density at radius 2 is 1.44 bits per heavy atom. The smallest absolute Gasteiger partial charge is 0.497 e. The molecular weight excluding hydrogens is 493 g/mol. The molecule has 0 saturated heterocycles. The maximum atomic E-state index is 13.2. The fraction of sp³-hybridized carbons (Fsp3) is 0.0769. The third kappa shape index (κ3) is 4.20. The Labute approximate surface area is 204 Å². The van der Waals surface area contributed by atoms with Crippen LogP contribution in [0.3, 0.4) is 0 Å². The summed E-state index contributed by atoms with van der Waals surface area (Å²) in [4.78, 5) is 9.31. The van der Waals surface area contributed by atoms with Crippen LogP contribution >= 0.6 is 0 Å². The number of methoxy groups -OCH3 is 1. The van der Waals surface area contributed by atoms with E-state index in [9.17, 15) is 21.6 Å². The second-order valence-corrected chi connectivity index (χ2v) is 9.32. The van der Waals surface area contributed by atoms with Gasteiger partial charge in [0.25, 0.3) is 0 Å². The number of alkyl halides is 3. The number of fused-ring (bicyclic) bond motifs is 2. The molecule has 0 saturated carbocycles. The van der Waals surface area contributed by atoms with Gasteiger partial charge in [0.15, 0.2) is 11.6 Å². The van der Waals surface area contributed by atoms with Crippen molar-refractivity contribution in [3.8, 4) is 34.1 Å². The highest BCUT2D eigenvalue weighted by Crippen LogP contribution is 2.42. The average molecular weight is 510 g/mol. The van der Waals surface area contributed by atoms with Crippen LogP contribution < -0.4 is 8.92 Å². The lowest BCUT2D eigenvalue weighted by Crippen LogP contribution is -2.28. The van der Waals surface area contributed by atoms with Gasteiger partial charge in [-0.15, -0.1) is 0 Å². The summed E-state index contributed by atoms with van der Waals surface area (Å²) >= 11 is 0. The molecular formula is C26H17F3N2O4S. The van der Waals surface area contributed by atoms with E-state index in [1.54, 1.807) is 72.8 Å². The number of benzene rings is 4. The van der Waals surface area contributed by atoms with Crippen LogP contribution in [-0.2, 0) is 10.1 Å². The van der Waals surface area contributed by atoms with Gasteiger partial charge in [0, 0.05) is 10.9 Å². The Kier molecular flexibility index (Phi) is 5.76. The standard InChI is InChI=1S/C26H17F3N2O4S/c1-34-18-13-10-17(11-14-18)25-30-21-9-5-4-8-20(21)24(31-25)23-19-7-3-2-6-16(19)12-15-22(23)35-36(32,33)26(27,28)29/h2-15H,1H3. The van der Waals surface area contributed by atoms with Crippen molar-refractivity contribution in [2.24, 2.45) is 0 Å². The minimum absolute atomic E-state index is 0.106. The molecule has 0 bridgehead atoms. The van der Waals surface area contributed by atoms with Crippen LogP contribution in [0.15, 0.2) is 84.9 Å². The Morgan fingerprint density at radius 3 is 2.14 bits per heavy atom. The number of hydrogen-bond acceptors (Lipinski definition) is 6. The van der Waals surface area contributed by atoms with E-state index in [1.165, 1.54) is 19.2 Å². The molecule has 0 amide bonds. The van der Waals surface area contributed by atoms with Gasteiger partial charge in [-0.2, -0.15) is 21.6 Å². The van der Waals surface area contributed by atoms with Crippen molar-refractivity contribution < 1.29 is 30.5 Å². The van der Waals surface area contributed by atoms with Crippen molar-refractivity contribution in [1.82, 2.24) is 9.97 Å². The van der Waals surface area contributed by atoms with Crippen molar-refractivity contribution in [2.45, 2.75) is 5.51 Å². The number of hydrogen-bond donors (Lipinski definition) is 0. The normalized spacial score (nSPS) is 12.1. The van der Waals surface area contributed by atoms with E-state index >= 15 is 0 Å². The molecule has 0 radical (unpaired) electrons. The van der Waals surface area contributed by atoms with Crippen LogP contribution in [0.2, 0.25) is 0 Å². The van der Waals surface area contributed by atoms with Crippen molar-refractivity contribution in [3.05, 3.63) is 84.9 Å². The van der Waals surface area contributed by atoms with Crippen molar-refractivity contribution in [1.29, 1.82) is 0 Å².